The average Bonchev–Trinajstić information content (AvgIpc) is 2.40. The Morgan fingerprint density at radius 1 is 0.895 bits per heavy atom. The van der Waals surface area contributed by atoms with E-state index in [9.17, 15) is 9.59 Å². The van der Waals surface area contributed by atoms with Gasteiger partial charge in [-0.15, -0.1) is 0 Å². The maximum absolute atomic E-state index is 12.1. The van der Waals surface area contributed by atoms with Crippen molar-refractivity contribution < 1.29 is 14.7 Å². The zero-order chi connectivity index (χ0) is 13.7. The molecular weight excluding hydrogens is 248 g/mol. The van der Waals surface area contributed by atoms with Gasteiger partial charge >= 0.3 is 5.97 Å². The second-order valence-corrected chi connectivity index (χ2v) is 5.08. The van der Waals surface area contributed by atoms with Gasteiger partial charge in [0.2, 0.25) is 5.91 Å². The molecule has 2 rings (SSSR count). The van der Waals surface area contributed by atoms with Crippen LogP contribution in [0.4, 0.5) is 0 Å². The Labute approximate surface area is 113 Å². The van der Waals surface area contributed by atoms with Gasteiger partial charge in [0.15, 0.2) is 0 Å². The molecule has 0 saturated carbocycles. The van der Waals surface area contributed by atoms with Gasteiger partial charge in [-0.25, -0.2) is 0 Å². The lowest BCUT2D eigenvalue weighted by Crippen LogP contribution is -2.53. The first-order chi connectivity index (χ1) is 9.15. The van der Waals surface area contributed by atoms with Gasteiger partial charge in [0.1, 0.15) is 0 Å². The molecule has 1 amide bonds. The van der Waals surface area contributed by atoms with Crippen LogP contribution in [-0.2, 0) is 9.59 Å². The van der Waals surface area contributed by atoms with Gasteiger partial charge in [-0.3, -0.25) is 19.4 Å². The molecule has 2 fully saturated rings. The van der Waals surface area contributed by atoms with E-state index >= 15 is 0 Å². The third-order valence-electron chi connectivity index (χ3n) is 3.65. The van der Waals surface area contributed by atoms with Crippen molar-refractivity contribution >= 4 is 11.9 Å². The van der Waals surface area contributed by atoms with Crippen LogP contribution in [0.5, 0.6) is 0 Å². The Kier molecular flexibility index (Phi) is 5.12. The summed E-state index contributed by atoms with van der Waals surface area (Å²) < 4.78 is 0. The summed E-state index contributed by atoms with van der Waals surface area (Å²) in [6, 6.07) is 0. The number of amides is 1. The quantitative estimate of drug-likeness (QED) is 0.623. The second-order valence-electron chi connectivity index (χ2n) is 5.08. The van der Waals surface area contributed by atoms with Crippen molar-refractivity contribution in [1.82, 2.24) is 20.0 Å². The largest absolute Gasteiger partial charge is 0.480 e. The minimum Gasteiger partial charge on any atom is -0.480 e. The highest BCUT2D eigenvalue weighted by Crippen LogP contribution is 2.03. The number of piperazine rings is 2. The fourth-order valence-electron chi connectivity index (χ4n) is 2.51. The molecule has 19 heavy (non-hydrogen) atoms. The van der Waals surface area contributed by atoms with E-state index in [4.69, 9.17) is 5.11 Å². The molecule has 2 aliphatic rings. The van der Waals surface area contributed by atoms with Crippen LogP contribution in [0.15, 0.2) is 0 Å². The maximum Gasteiger partial charge on any atom is 0.317 e. The summed E-state index contributed by atoms with van der Waals surface area (Å²) in [7, 11) is 0. The molecule has 108 valence electrons. The monoisotopic (exact) mass is 270 g/mol. The van der Waals surface area contributed by atoms with Crippen molar-refractivity contribution in [2.75, 3.05) is 65.4 Å². The third-order valence-corrected chi connectivity index (χ3v) is 3.65. The van der Waals surface area contributed by atoms with Gasteiger partial charge < -0.3 is 15.3 Å². The van der Waals surface area contributed by atoms with Crippen molar-refractivity contribution in [3.05, 3.63) is 0 Å². The molecule has 0 spiro atoms. The fraction of sp³-hybridized carbons (Fsp3) is 0.833. The number of nitrogens with one attached hydrogen (secondary N) is 1. The van der Waals surface area contributed by atoms with Crippen LogP contribution in [-0.4, -0.2) is 97.1 Å². The van der Waals surface area contributed by atoms with E-state index in [0.717, 1.165) is 26.2 Å². The van der Waals surface area contributed by atoms with Gasteiger partial charge in [0, 0.05) is 52.4 Å². The highest BCUT2D eigenvalue weighted by atomic mass is 16.4. The third kappa shape index (κ3) is 4.45. The summed E-state index contributed by atoms with van der Waals surface area (Å²) in [5, 5.41) is 12.0. The zero-order valence-corrected chi connectivity index (χ0v) is 11.2. The summed E-state index contributed by atoms with van der Waals surface area (Å²) in [4.78, 5) is 28.6. The number of hydrogen-bond donors (Lipinski definition) is 2. The lowest BCUT2D eigenvalue weighted by molar-refractivity contribution is -0.139. The van der Waals surface area contributed by atoms with Gasteiger partial charge in [-0.2, -0.15) is 0 Å². The van der Waals surface area contributed by atoms with Gasteiger partial charge in [0.05, 0.1) is 13.1 Å². The Hall–Kier alpha value is -1.18. The van der Waals surface area contributed by atoms with E-state index in [-0.39, 0.29) is 12.5 Å². The molecule has 2 aliphatic heterocycles. The zero-order valence-electron chi connectivity index (χ0n) is 11.2. The molecule has 0 aromatic rings. The van der Waals surface area contributed by atoms with Crippen LogP contribution in [0.3, 0.4) is 0 Å². The van der Waals surface area contributed by atoms with E-state index in [1.807, 2.05) is 9.80 Å². The highest BCUT2D eigenvalue weighted by Gasteiger charge is 2.23. The lowest BCUT2D eigenvalue weighted by atomic mass is 10.3. The molecule has 2 heterocycles. The maximum atomic E-state index is 12.1. The Morgan fingerprint density at radius 3 is 2.05 bits per heavy atom. The molecule has 0 aliphatic carbocycles. The van der Waals surface area contributed by atoms with E-state index in [1.165, 1.54) is 0 Å². The standard InChI is InChI=1S/C12H22N4O3/c17-11(9-14-3-1-13-2-4-14)16-7-5-15(6-8-16)10-12(18)19/h13H,1-10H2,(H,18,19). The Bertz CT molecular complexity index is 323. The number of rotatable bonds is 4. The first-order valence-electron chi connectivity index (χ1n) is 6.80. The molecule has 0 bridgehead atoms. The second kappa shape index (κ2) is 6.83. The minimum atomic E-state index is -0.805. The molecule has 7 heteroatoms. The molecule has 2 N–H and O–H groups in total. The molecule has 0 atom stereocenters. The minimum absolute atomic E-state index is 0.0693. The number of aliphatic carboxylic acids is 1. The number of carboxylic acids is 1. The SMILES string of the molecule is O=C(O)CN1CCN(C(=O)CN2CCNCC2)CC1. The molecular formula is C12H22N4O3. The molecule has 0 aromatic heterocycles. The summed E-state index contributed by atoms with van der Waals surface area (Å²) in [6.45, 7) is 6.87. The summed E-state index contributed by atoms with van der Waals surface area (Å²) in [5.41, 5.74) is 0. The molecule has 0 radical (unpaired) electrons. The normalized spacial score (nSPS) is 22.4. The molecule has 7 nitrogen and oxygen atoms in total. The number of carboxylic acid groups (broad SMARTS) is 1. The summed E-state index contributed by atoms with van der Waals surface area (Å²) >= 11 is 0. The van der Waals surface area contributed by atoms with Crippen molar-refractivity contribution in [2.24, 2.45) is 0 Å². The Morgan fingerprint density at radius 2 is 1.47 bits per heavy atom. The Balaban J connectivity index is 1.71. The molecule has 0 unspecified atom stereocenters. The van der Waals surface area contributed by atoms with E-state index in [2.05, 4.69) is 10.2 Å². The molecule has 2 saturated heterocycles. The number of nitrogens with zero attached hydrogens (tertiary/aromatic N) is 3. The van der Waals surface area contributed by atoms with E-state index in [1.54, 1.807) is 0 Å². The summed E-state index contributed by atoms with van der Waals surface area (Å²) in [5.74, 6) is -0.641. The number of carbonyl (C=O) groups excluding carboxylic acids is 1. The van der Waals surface area contributed by atoms with Crippen molar-refractivity contribution in [1.29, 1.82) is 0 Å². The van der Waals surface area contributed by atoms with Crippen molar-refractivity contribution in [3.63, 3.8) is 0 Å². The number of hydrogen-bond acceptors (Lipinski definition) is 5. The van der Waals surface area contributed by atoms with Crippen LogP contribution in [0.1, 0.15) is 0 Å². The smallest absolute Gasteiger partial charge is 0.317 e. The fourth-order valence-corrected chi connectivity index (χ4v) is 2.51. The van der Waals surface area contributed by atoms with Crippen molar-refractivity contribution in [2.45, 2.75) is 0 Å². The predicted molar refractivity (Wildman–Crippen MR) is 70.0 cm³/mol. The first kappa shape index (κ1) is 14.2. The van der Waals surface area contributed by atoms with E-state index < -0.39 is 5.97 Å². The van der Waals surface area contributed by atoms with Gasteiger partial charge in [-0.05, 0) is 0 Å². The predicted octanol–water partition coefficient (Wildman–Crippen LogP) is -1.88. The summed E-state index contributed by atoms with van der Waals surface area (Å²) in [6.07, 6.45) is 0. The number of carbonyl (C=O) groups is 2. The van der Waals surface area contributed by atoms with Crippen molar-refractivity contribution in [3.8, 4) is 0 Å². The highest BCUT2D eigenvalue weighted by molar-refractivity contribution is 5.78. The van der Waals surface area contributed by atoms with Crippen LogP contribution < -0.4 is 5.32 Å². The van der Waals surface area contributed by atoms with Gasteiger partial charge in [-0.1, -0.05) is 0 Å². The topological polar surface area (TPSA) is 76.1 Å². The lowest BCUT2D eigenvalue weighted by Gasteiger charge is -2.35. The van der Waals surface area contributed by atoms with Crippen LogP contribution in [0.25, 0.3) is 0 Å². The van der Waals surface area contributed by atoms with Gasteiger partial charge in [0.25, 0.3) is 0 Å². The molecule has 0 aromatic carbocycles. The van der Waals surface area contributed by atoms with Crippen LogP contribution in [0, 0.1) is 0 Å². The average molecular weight is 270 g/mol. The first-order valence-corrected chi connectivity index (χ1v) is 6.80. The van der Waals surface area contributed by atoms with Crippen LogP contribution >= 0.6 is 0 Å². The van der Waals surface area contributed by atoms with Crippen LogP contribution in [0.2, 0.25) is 0 Å². The van der Waals surface area contributed by atoms with E-state index in [0.29, 0.717) is 32.7 Å².